The average Bonchev–Trinajstić information content (AvgIpc) is 3.28. The number of carbonyl (C=O) groups excluding carboxylic acids is 2. The van der Waals surface area contributed by atoms with Gasteiger partial charge in [0.25, 0.3) is 5.91 Å². The zero-order valence-corrected chi connectivity index (χ0v) is 18.5. The highest BCUT2D eigenvalue weighted by atomic mass is 32.2. The van der Waals surface area contributed by atoms with Crippen LogP contribution < -0.4 is 10.2 Å². The zero-order chi connectivity index (χ0) is 23.4. The molecule has 1 atom stereocenters. The van der Waals surface area contributed by atoms with Crippen LogP contribution in [0.15, 0.2) is 70.7 Å². The Kier molecular flexibility index (Phi) is 6.72. The Bertz CT molecular complexity index is 1170. The lowest BCUT2D eigenvalue weighted by Gasteiger charge is -2.15. The number of anilines is 1. The van der Waals surface area contributed by atoms with Gasteiger partial charge in [-0.2, -0.15) is 13.2 Å². The molecule has 1 fully saturated rings. The quantitative estimate of drug-likeness (QED) is 0.474. The number of benzene rings is 1. The highest BCUT2D eigenvalue weighted by Crippen LogP contribution is 2.29. The van der Waals surface area contributed by atoms with E-state index in [-0.39, 0.29) is 17.8 Å². The van der Waals surface area contributed by atoms with Crippen LogP contribution in [0.4, 0.5) is 19.0 Å². The fourth-order valence-electron chi connectivity index (χ4n) is 3.44. The molecule has 2 aliphatic rings. The number of rotatable bonds is 5. The first-order valence-electron chi connectivity index (χ1n) is 10.3. The maximum Gasteiger partial charge on any atom is 0.433 e. The summed E-state index contributed by atoms with van der Waals surface area (Å²) in [7, 11) is 0. The van der Waals surface area contributed by atoms with E-state index in [0.717, 1.165) is 17.4 Å². The van der Waals surface area contributed by atoms with Crippen LogP contribution in [0.25, 0.3) is 0 Å². The molecule has 5 nitrogen and oxygen atoms in total. The van der Waals surface area contributed by atoms with Crippen LogP contribution >= 0.6 is 11.8 Å². The number of halogens is 3. The van der Waals surface area contributed by atoms with Gasteiger partial charge in [-0.3, -0.25) is 4.79 Å². The molecule has 0 radical (unpaired) electrons. The molecule has 1 aromatic carbocycles. The molecule has 1 aromatic heterocycles. The molecule has 3 heterocycles. The van der Waals surface area contributed by atoms with Crippen molar-refractivity contribution < 1.29 is 22.4 Å². The molecule has 2 aliphatic heterocycles. The number of hydrogen-bond acceptors (Lipinski definition) is 4. The third kappa shape index (κ3) is 5.74. The van der Waals surface area contributed by atoms with Gasteiger partial charge >= 0.3 is 17.7 Å². The predicted octanol–water partition coefficient (Wildman–Crippen LogP) is 5.31. The predicted molar refractivity (Wildman–Crippen MR) is 122 cm³/mol. The largest absolute Gasteiger partial charge is 0.433 e. The Hall–Kier alpha value is -3.29. The number of aromatic nitrogens is 1. The monoisotopic (exact) mass is 472 g/mol. The van der Waals surface area contributed by atoms with E-state index in [1.165, 1.54) is 17.8 Å². The first-order chi connectivity index (χ1) is 15.8. The van der Waals surface area contributed by atoms with Crippen molar-refractivity contribution in [1.82, 2.24) is 10.3 Å². The number of nitrogens with zero attached hydrogens (tertiary/aromatic N) is 2. The fraction of sp³-hybridized carbons (Fsp3) is 0.250. The number of allylic oxidation sites excluding steroid dienone is 2. The minimum atomic E-state index is -4.47. The van der Waals surface area contributed by atoms with Gasteiger partial charge in [0, 0.05) is 24.1 Å². The molecule has 1 N–H and O–H groups in total. The van der Waals surface area contributed by atoms with E-state index in [2.05, 4.69) is 16.0 Å². The Morgan fingerprint density at radius 1 is 1.24 bits per heavy atom. The van der Waals surface area contributed by atoms with Crippen LogP contribution in [0.1, 0.15) is 30.6 Å². The topological polar surface area (TPSA) is 56.5 Å². The molecule has 33 heavy (non-hydrogen) atoms. The van der Waals surface area contributed by atoms with Gasteiger partial charge in [-0.1, -0.05) is 17.8 Å². The summed E-state index contributed by atoms with van der Waals surface area (Å²) < 4.78 is 44.7. The second kappa shape index (κ2) is 9.68. The third-order valence-corrected chi connectivity index (χ3v) is 6.00. The Morgan fingerprint density at radius 2 is 2.03 bits per heavy atom. The SMILES string of the molecule is C[C@H](NC(=O)C1=CC=C=CS1)c1ccc([O+]=C2CCN(c3cccc(C(F)(F)F)n3)C2)cc1. The van der Waals surface area contributed by atoms with E-state index in [4.69, 9.17) is 4.42 Å². The molecule has 0 spiro atoms. The number of pyridine rings is 1. The van der Waals surface area contributed by atoms with Crippen molar-refractivity contribution in [1.29, 1.82) is 0 Å². The molecule has 9 heteroatoms. The van der Waals surface area contributed by atoms with Crippen LogP contribution in [0.5, 0.6) is 5.75 Å². The van der Waals surface area contributed by atoms with E-state index in [0.29, 0.717) is 30.2 Å². The number of amides is 1. The van der Waals surface area contributed by atoms with Crippen LogP contribution in [0, 0.1) is 0 Å². The van der Waals surface area contributed by atoms with Crippen molar-refractivity contribution in [2.24, 2.45) is 0 Å². The van der Waals surface area contributed by atoms with E-state index < -0.39 is 11.9 Å². The Balaban J connectivity index is 1.38. The summed E-state index contributed by atoms with van der Waals surface area (Å²) in [6.07, 6.45) is -0.451. The average molecular weight is 473 g/mol. The van der Waals surface area contributed by atoms with Crippen molar-refractivity contribution in [2.75, 3.05) is 18.0 Å². The minimum Gasteiger partial charge on any atom is -0.345 e. The van der Waals surface area contributed by atoms with Crippen LogP contribution in [0.3, 0.4) is 0 Å². The highest BCUT2D eigenvalue weighted by molar-refractivity contribution is 8.06. The van der Waals surface area contributed by atoms with E-state index in [1.54, 1.807) is 28.5 Å². The number of carbonyl (C=O) groups is 1. The Morgan fingerprint density at radius 3 is 2.73 bits per heavy atom. The Labute approximate surface area is 193 Å². The molecular weight excluding hydrogens is 451 g/mol. The molecule has 170 valence electrons. The highest BCUT2D eigenvalue weighted by Gasteiger charge is 2.34. The number of nitrogens with one attached hydrogen (secondary N) is 1. The lowest BCUT2D eigenvalue weighted by molar-refractivity contribution is -0.368. The number of hydrogen-bond donors (Lipinski definition) is 1. The molecular formula is C24H21F3N3O2S+. The maximum absolute atomic E-state index is 12.9. The van der Waals surface area contributed by atoms with Gasteiger partial charge in [0.15, 0.2) is 0 Å². The van der Waals surface area contributed by atoms with Crippen molar-refractivity contribution >= 4 is 29.3 Å². The van der Waals surface area contributed by atoms with Crippen molar-refractivity contribution in [3.63, 3.8) is 0 Å². The van der Waals surface area contributed by atoms with Gasteiger partial charge in [0.2, 0.25) is 0 Å². The smallest absolute Gasteiger partial charge is 0.345 e. The van der Waals surface area contributed by atoms with Crippen LogP contribution in [0.2, 0.25) is 0 Å². The first-order valence-corrected chi connectivity index (χ1v) is 11.2. The minimum absolute atomic E-state index is 0.147. The standard InChI is InChI=1S/C24H20F3N3O2S/c1-16(28-23(31)20-5-2-3-14-33-20)17-8-10-18(11-9-17)32-19-12-13-30(15-19)22-7-4-6-21(29-22)24(25,26)27/h2,4-11,14,16H,12-13,15H2,1H3/p+1/t16-/m0/s1. The normalized spacial score (nSPS) is 17.9. The van der Waals surface area contributed by atoms with Crippen LogP contribution in [-0.4, -0.2) is 29.8 Å². The van der Waals surface area contributed by atoms with Crippen molar-refractivity contribution in [2.45, 2.75) is 25.6 Å². The summed E-state index contributed by atoms with van der Waals surface area (Å²) in [4.78, 5) is 18.4. The van der Waals surface area contributed by atoms with Crippen molar-refractivity contribution in [3.05, 3.63) is 81.9 Å². The first kappa shape index (κ1) is 22.9. The summed E-state index contributed by atoms with van der Waals surface area (Å²) in [5, 5.41) is 4.69. The van der Waals surface area contributed by atoms with Gasteiger partial charge in [-0.25, -0.2) is 9.41 Å². The summed E-state index contributed by atoms with van der Waals surface area (Å²) in [6, 6.07) is 11.1. The van der Waals surface area contributed by atoms with E-state index in [9.17, 15) is 18.0 Å². The second-order valence-corrected chi connectivity index (χ2v) is 8.47. The molecule has 0 bridgehead atoms. The summed E-state index contributed by atoms with van der Waals surface area (Å²) in [5.41, 5.74) is 2.92. The number of alkyl halides is 3. The van der Waals surface area contributed by atoms with Gasteiger partial charge in [0.05, 0.1) is 17.4 Å². The van der Waals surface area contributed by atoms with Crippen LogP contribution in [-0.2, 0) is 15.4 Å². The van der Waals surface area contributed by atoms with Gasteiger partial charge in [0.1, 0.15) is 18.1 Å². The van der Waals surface area contributed by atoms with Gasteiger partial charge < -0.3 is 10.2 Å². The fourth-order valence-corrected chi connectivity index (χ4v) is 4.02. The summed E-state index contributed by atoms with van der Waals surface area (Å²) in [5.74, 6) is 1.52. The number of thioether (sulfide) groups is 1. The van der Waals surface area contributed by atoms with Gasteiger partial charge in [-0.15, -0.1) is 5.73 Å². The lowest BCUT2D eigenvalue weighted by Crippen LogP contribution is -2.27. The maximum atomic E-state index is 12.9. The third-order valence-electron chi connectivity index (χ3n) is 5.18. The van der Waals surface area contributed by atoms with Gasteiger partial charge in [-0.05, 0) is 48.9 Å². The molecule has 2 aromatic rings. The lowest BCUT2D eigenvalue weighted by atomic mass is 10.1. The van der Waals surface area contributed by atoms with E-state index >= 15 is 0 Å². The van der Waals surface area contributed by atoms with Crippen molar-refractivity contribution in [3.8, 4) is 5.75 Å². The molecule has 1 amide bonds. The molecule has 4 rings (SSSR count). The zero-order valence-electron chi connectivity index (χ0n) is 17.7. The summed E-state index contributed by atoms with van der Waals surface area (Å²) in [6.45, 7) is 2.81. The molecule has 0 saturated carbocycles. The summed E-state index contributed by atoms with van der Waals surface area (Å²) >= 11 is 1.32. The molecule has 0 unspecified atom stereocenters. The second-order valence-electron chi connectivity index (χ2n) is 7.56. The molecule has 1 saturated heterocycles. The number of ketones is 1. The molecule has 0 aliphatic carbocycles. The van der Waals surface area contributed by atoms with E-state index in [1.807, 2.05) is 31.2 Å².